The molecule has 1 aliphatic heterocycles. The van der Waals surface area contributed by atoms with Gasteiger partial charge in [-0.1, -0.05) is 140 Å². The molecular formula is C48H37NO2. The number of para-hydroxylation sites is 1. The predicted molar refractivity (Wildman–Crippen MR) is 210 cm³/mol. The lowest BCUT2D eigenvalue weighted by molar-refractivity contribution is 0.426. The molecule has 0 saturated heterocycles. The number of allylic oxidation sites excluding steroid dienone is 8. The fourth-order valence-electron chi connectivity index (χ4n) is 7.73. The Kier molecular flexibility index (Phi) is 7.94. The van der Waals surface area contributed by atoms with E-state index in [0.29, 0.717) is 0 Å². The third-order valence-electron chi connectivity index (χ3n) is 10.3. The van der Waals surface area contributed by atoms with Crippen molar-refractivity contribution in [3.8, 4) is 33.8 Å². The lowest BCUT2D eigenvalue weighted by atomic mass is 9.84. The molecule has 246 valence electrons. The number of anilines is 2. The van der Waals surface area contributed by atoms with E-state index in [1.807, 2.05) is 30.3 Å². The Hall–Kier alpha value is -6.32. The lowest BCUT2D eigenvalue weighted by Crippen LogP contribution is -2.04. The molecule has 6 aromatic rings. The number of rotatable bonds is 7. The molecule has 3 nitrogen and oxygen atoms in total. The van der Waals surface area contributed by atoms with E-state index in [4.69, 9.17) is 4.74 Å². The van der Waals surface area contributed by atoms with E-state index in [2.05, 4.69) is 145 Å². The number of phenolic OH excluding ortho intramolecular Hbond substituents is 1. The van der Waals surface area contributed by atoms with Gasteiger partial charge >= 0.3 is 0 Å². The van der Waals surface area contributed by atoms with E-state index in [-0.39, 0.29) is 17.6 Å². The van der Waals surface area contributed by atoms with Gasteiger partial charge in [-0.05, 0) is 93.8 Å². The van der Waals surface area contributed by atoms with E-state index in [1.54, 1.807) is 6.07 Å². The Morgan fingerprint density at radius 3 is 2.29 bits per heavy atom. The first kappa shape index (κ1) is 30.7. The average molecular weight is 660 g/mol. The molecule has 2 aliphatic carbocycles. The van der Waals surface area contributed by atoms with E-state index < -0.39 is 0 Å². The van der Waals surface area contributed by atoms with Crippen LogP contribution in [0, 0.1) is 0 Å². The molecule has 1 heterocycles. The van der Waals surface area contributed by atoms with Crippen LogP contribution in [0.25, 0.3) is 33.4 Å². The van der Waals surface area contributed by atoms with Gasteiger partial charge in [-0.15, -0.1) is 0 Å². The zero-order valence-electron chi connectivity index (χ0n) is 28.2. The zero-order valence-corrected chi connectivity index (χ0v) is 28.2. The van der Waals surface area contributed by atoms with Crippen LogP contribution >= 0.6 is 0 Å². The molecule has 0 amide bonds. The van der Waals surface area contributed by atoms with Crippen molar-refractivity contribution in [3.05, 3.63) is 204 Å². The molecule has 0 spiro atoms. The first-order valence-electron chi connectivity index (χ1n) is 17.7. The van der Waals surface area contributed by atoms with Gasteiger partial charge < -0.3 is 15.2 Å². The minimum absolute atomic E-state index is 0.241. The summed E-state index contributed by atoms with van der Waals surface area (Å²) in [6, 6.07) is 50.5. The molecule has 0 saturated carbocycles. The molecule has 0 aromatic heterocycles. The predicted octanol–water partition coefficient (Wildman–Crippen LogP) is 12.4. The second-order valence-corrected chi connectivity index (χ2v) is 13.5. The Labute approximate surface area is 299 Å². The summed E-state index contributed by atoms with van der Waals surface area (Å²) in [5.74, 6) is 2.75. The van der Waals surface area contributed by atoms with Gasteiger partial charge in [-0.3, -0.25) is 0 Å². The molecule has 2 atom stereocenters. The van der Waals surface area contributed by atoms with Gasteiger partial charge in [0.15, 0.2) is 0 Å². The molecule has 0 bridgehead atoms. The normalized spacial score (nSPS) is 17.4. The van der Waals surface area contributed by atoms with Crippen molar-refractivity contribution in [3.63, 3.8) is 0 Å². The number of aromatic hydroxyl groups is 1. The number of hydrogen-bond acceptors (Lipinski definition) is 3. The van der Waals surface area contributed by atoms with Gasteiger partial charge in [0.05, 0.1) is 5.69 Å². The van der Waals surface area contributed by atoms with E-state index in [0.717, 1.165) is 58.0 Å². The smallest absolute Gasteiger partial charge is 0.130 e. The van der Waals surface area contributed by atoms with Gasteiger partial charge in [0, 0.05) is 28.7 Å². The quantitative estimate of drug-likeness (QED) is 0.179. The molecule has 2 N–H and O–H groups in total. The van der Waals surface area contributed by atoms with Gasteiger partial charge in [0.1, 0.15) is 17.3 Å². The number of hydrogen-bond donors (Lipinski definition) is 2. The molecular weight excluding hydrogens is 623 g/mol. The van der Waals surface area contributed by atoms with Crippen LogP contribution in [0.4, 0.5) is 11.4 Å². The van der Waals surface area contributed by atoms with E-state index >= 15 is 0 Å². The van der Waals surface area contributed by atoms with Crippen LogP contribution in [-0.4, -0.2) is 5.11 Å². The van der Waals surface area contributed by atoms with Crippen LogP contribution in [0.1, 0.15) is 46.9 Å². The van der Waals surface area contributed by atoms with Crippen LogP contribution in [-0.2, 0) is 0 Å². The zero-order chi connectivity index (χ0) is 34.1. The largest absolute Gasteiger partial charge is 0.507 e. The minimum atomic E-state index is 0.241. The fourth-order valence-corrected chi connectivity index (χ4v) is 7.73. The van der Waals surface area contributed by atoms with Gasteiger partial charge in [-0.2, -0.15) is 0 Å². The van der Waals surface area contributed by atoms with Crippen LogP contribution in [0.3, 0.4) is 0 Å². The first-order valence-corrected chi connectivity index (χ1v) is 17.7. The molecule has 0 fully saturated rings. The van der Waals surface area contributed by atoms with Gasteiger partial charge in [0.2, 0.25) is 0 Å². The maximum Gasteiger partial charge on any atom is 0.130 e. The Morgan fingerprint density at radius 1 is 0.647 bits per heavy atom. The summed E-state index contributed by atoms with van der Waals surface area (Å²) in [6.45, 7) is 0. The standard InChI is InChI=1S/C48H37NO2/c50-45-21-10-20-44(49-39-26-23-33(24-27-39)37-25-28-47-43(31-37)41-18-6-7-22-46(41)51-47)48(45)42-19-5-4-17-40(42)38-16-9-15-36(30-38)35-14-8-13-34(29-35)32-11-2-1-3-12-32/h1-14,16-30,36,43,49-50H,15,31H2. The highest BCUT2D eigenvalue weighted by molar-refractivity contribution is 5.94. The molecule has 51 heavy (non-hydrogen) atoms. The minimum Gasteiger partial charge on any atom is -0.507 e. The lowest BCUT2D eigenvalue weighted by Gasteiger charge is -2.21. The Bertz CT molecular complexity index is 2380. The number of fused-ring (bicyclic) bond motifs is 3. The van der Waals surface area contributed by atoms with Crippen molar-refractivity contribution in [2.45, 2.75) is 24.7 Å². The summed E-state index contributed by atoms with van der Waals surface area (Å²) in [5.41, 5.74) is 13.3. The van der Waals surface area contributed by atoms with Crippen molar-refractivity contribution in [1.29, 1.82) is 0 Å². The number of benzene rings is 6. The third kappa shape index (κ3) is 5.98. The molecule has 2 unspecified atom stereocenters. The first-order chi connectivity index (χ1) is 25.2. The van der Waals surface area contributed by atoms with Crippen molar-refractivity contribution in [2.24, 2.45) is 0 Å². The van der Waals surface area contributed by atoms with E-state index in [9.17, 15) is 5.11 Å². The number of phenols is 1. The molecule has 3 aliphatic rings. The van der Waals surface area contributed by atoms with Gasteiger partial charge in [-0.25, -0.2) is 0 Å². The second-order valence-electron chi connectivity index (χ2n) is 13.5. The van der Waals surface area contributed by atoms with Crippen LogP contribution in [0.5, 0.6) is 11.5 Å². The molecule has 3 heteroatoms. The van der Waals surface area contributed by atoms with Crippen molar-refractivity contribution in [2.75, 3.05) is 5.32 Å². The summed E-state index contributed by atoms with van der Waals surface area (Å²) < 4.78 is 6.11. The summed E-state index contributed by atoms with van der Waals surface area (Å²) >= 11 is 0. The topological polar surface area (TPSA) is 41.5 Å². The summed E-state index contributed by atoms with van der Waals surface area (Å²) in [5, 5.41) is 15.0. The Balaban J connectivity index is 0.991. The monoisotopic (exact) mass is 659 g/mol. The number of ether oxygens (including phenoxy) is 1. The van der Waals surface area contributed by atoms with Gasteiger partial charge in [0.25, 0.3) is 0 Å². The molecule has 0 radical (unpaired) electrons. The third-order valence-corrected chi connectivity index (χ3v) is 10.3. The van der Waals surface area contributed by atoms with Crippen LogP contribution in [0.2, 0.25) is 0 Å². The summed E-state index contributed by atoms with van der Waals surface area (Å²) in [7, 11) is 0. The van der Waals surface area contributed by atoms with Crippen molar-refractivity contribution in [1.82, 2.24) is 0 Å². The van der Waals surface area contributed by atoms with Crippen LogP contribution < -0.4 is 10.1 Å². The van der Waals surface area contributed by atoms with Crippen molar-refractivity contribution < 1.29 is 9.84 Å². The summed E-state index contributed by atoms with van der Waals surface area (Å²) in [4.78, 5) is 0. The maximum absolute atomic E-state index is 11.4. The molecule has 9 rings (SSSR count). The Morgan fingerprint density at radius 2 is 1.41 bits per heavy atom. The number of nitrogens with one attached hydrogen (secondary N) is 1. The highest BCUT2D eigenvalue weighted by Crippen LogP contribution is 2.48. The van der Waals surface area contributed by atoms with Crippen LogP contribution in [0.15, 0.2) is 182 Å². The summed E-state index contributed by atoms with van der Waals surface area (Å²) in [6.07, 6.45) is 13.0. The van der Waals surface area contributed by atoms with E-state index in [1.165, 1.54) is 33.4 Å². The highest BCUT2D eigenvalue weighted by atomic mass is 16.5. The SMILES string of the molecule is Oc1cccc(Nc2ccc(C3=CC=C4Oc5ccccc5C4C3)cc2)c1-c1ccccc1C1=CC(c2cccc(-c3ccccc3)c2)CC=C1. The highest BCUT2D eigenvalue weighted by Gasteiger charge is 2.32. The maximum atomic E-state index is 11.4. The van der Waals surface area contributed by atoms with Crippen molar-refractivity contribution >= 4 is 22.5 Å². The average Bonchev–Trinajstić information content (AvgIpc) is 3.57. The fraction of sp³-hybridized carbons (Fsp3) is 0.0833. The molecule has 6 aromatic carbocycles. The second kappa shape index (κ2) is 13.2.